The number of thiazole rings is 1. The maximum absolute atomic E-state index is 12.4. The van der Waals surface area contributed by atoms with E-state index in [1.807, 2.05) is 6.07 Å². The molecule has 2 aromatic carbocycles. The zero-order chi connectivity index (χ0) is 16.2. The molecule has 3 rings (SSSR count). The van der Waals surface area contributed by atoms with Crippen LogP contribution in [-0.2, 0) is 14.3 Å². The lowest BCUT2D eigenvalue weighted by atomic mass is 10.1. The first-order chi connectivity index (χ1) is 11.2. The van der Waals surface area contributed by atoms with Gasteiger partial charge in [0, 0.05) is 5.56 Å². The molecule has 0 N–H and O–H groups in total. The molecule has 0 aliphatic rings. The Morgan fingerprint density at radius 3 is 2.65 bits per heavy atom. The number of aromatic nitrogens is 1. The standard InChI is InChI=1S/C17H13NO4S/c1-21-17(20)15(11-5-3-2-4-6-11)22-16(19)12-7-8-13-14(9-12)23-10-18-13/h2-10,15H,1H3. The maximum Gasteiger partial charge on any atom is 0.351 e. The van der Waals surface area contributed by atoms with E-state index in [0.717, 1.165) is 10.2 Å². The first kappa shape index (κ1) is 15.2. The summed E-state index contributed by atoms with van der Waals surface area (Å²) in [7, 11) is 1.26. The third-order valence-electron chi connectivity index (χ3n) is 3.31. The van der Waals surface area contributed by atoms with Gasteiger partial charge in [-0.3, -0.25) is 0 Å². The van der Waals surface area contributed by atoms with Crippen LogP contribution in [-0.4, -0.2) is 24.0 Å². The first-order valence-corrected chi connectivity index (χ1v) is 7.74. The molecule has 0 aliphatic heterocycles. The van der Waals surface area contributed by atoms with Crippen molar-refractivity contribution in [3.63, 3.8) is 0 Å². The Bertz CT molecular complexity index is 844. The Morgan fingerprint density at radius 2 is 1.91 bits per heavy atom. The van der Waals surface area contributed by atoms with Crippen LogP contribution in [0.15, 0.2) is 54.0 Å². The van der Waals surface area contributed by atoms with Crippen LogP contribution >= 0.6 is 11.3 Å². The molecule has 3 aromatic rings. The number of benzene rings is 2. The zero-order valence-corrected chi connectivity index (χ0v) is 13.1. The number of carbonyl (C=O) groups is 2. The van der Waals surface area contributed by atoms with Gasteiger partial charge in [0.05, 0.1) is 28.4 Å². The summed E-state index contributed by atoms with van der Waals surface area (Å²) in [5.74, 6) is -1.21. The average molecular weight is 327 g/mol. The predicted molar refractivity (Wildman–Crippen MR) is 86.2 cm³/mol. The zero-order valence-electron chi connectivity index (χ0n) is 12.3. The normalized spacial score (nSPS) is 11.9. The quantitative estimate of drug-likeness (QED) is 0.687. The average Bonchev–Trinajstić information content (AvgIpc) is 3.07. The third kappa shape index (κ3) is 3.22. The number of rotatable bonds is 4. The topological polar surface area (TPSA) is 65.5 Å². The van der Waals surface area contributed by atoms with Crippen molar-refractivity contribution < 1.29 is 19.1 Å². The molecule has 1 unspecified atom stereocenters. The van der Waals surface area contributed by atoms with Crippen LogP contribution in [0.5, 0.6) is 0 Å². The molecule has 0 fully saturated rings. The fourth-order valence-corrected chi connectivity index (χ4v) is 2.86. The molecule has 0 bridgehead atoms. The van der Waals surface area contributed by atoms with Crippen molar-refractivity contribution in [3.05, 3.63) is 65.2 Å². The van der Waals surface area contributed by atoms with E-state index >= 15 is 0 Å². The van der Waals surface area contributed by atoms with E-state index in [4.69, 9.17) is 9.47 Å². The molecular weight excluding hydrogens is 314 g/mol. The Hall–Kier alpha value is -2.73. The summed E-state index contributed by atoms with van der Waals surface area (Å²) in [6, 6.07) is 13.8. The third-order valence-corrected chi connectivity index (χ3v) is 4.10. The van der Waals surface area contributed by atoms with Crippen molar-refractivity contribution in [1.29, 1.82) is 0 Å². The SMILES string of the molecule is COC(=O)C(OC(=O)c1ccc2ncsc2c1)c1ccccc1. The summed E-state index contributed by atoms with van der Waals surface area (Å²) >= 11 is 1.43. The molecule has 0 saturated carbocycles. The van der Waals surface area contributed by atoms with E-state index in [0.29, 0.717) is 11.1 Å². The van der Waals surface area contributed by atoms with Crippen LogP contribution in [0.4, 0.5) is 0 Å². The van der Waals surface area contributed by atoms with Crippen LogP contribution < -0.4 is 0 Å². The van der Waals surface area contributed by atoms with Gasteiger partial charge in [-0.2, -0.15) is 0 Å². The van der Waals surface area contributed by atoms with E-state index < -0.39 is 18.0 Å². The fourth-order valence-electron chi connectivity index (χ4n) is 2.14. The lowest BCUT2D eigenvalue weighted by Gasteiger charge is -2.16. The van der Waals surface area contributed by atoms with Gasteiger partial charge in [-0.1, -0.05) is 30.3 Å². The van der Waals surface area contributed by atoms with E-state index in [9.17, 15) is 9.59 Å². The molecular formula is C17H13NO4S. The van der Waals surface area contributed by atoms with Crippen molar-refractivity contribution in [3.8, 4) is 0 Å². The lowest BCUT2D eigenvalue weighted by molar-refractivity contribution is -0.151. The van der Waals surface area contributed by atoms with E-state index in [2.05, 4.69) is 4.98 Å². The molecule has 0 radical (unpaired) electrons. The molecule has 116 valence electrons. The van der Waals surface area contributed by atoms with E-state index in [1.54, 1.807) is 48.0 Å². The van der Waals surface area contributed by atoms with Gasteiger partial charge in [0.2, 0.25) is 6.10 Å². The van der Waals surface area contributed by atoms with Crippen molar-refractivity contribution in [2.45, 2.75) is 6.10 Å². The molecule has 0 amide bonds. The number of hydrogen-bond donors (Lipinski definition) is 0. The van der Waals surface area contributed by atoms with Crippen LogP contribution in [0.3, 0.4) is 0 Å². The highest BCUT2D eigenvalue weighted by Crippen LogP contribution is 2.23. The smallest absolute Gasteiger partial charge is 0.351 e. The van der Waals surface area contributed by atoms with Gasteiger partial charge in [0.25, 0.3) is 0 Å². The van der Waals surface area contributed by atoms with Crippen molar-refractivity contribution in [2.24, 2.45) is 0 Å². The highest BCUT2D eigenvalue weighted by molar-refractivity contribution is 7.16. The largest absolute Gasteiger partial charge is 0.466 e. The van der Waals surface area contributed by atoms with Gasteiger partial charge in [-0.05, 0) is 18.2 Å². The summed E-state index contributed by atoms with van der Waals surface area (Å²) in [5.41, 5.74) is 3.46. The second kappa shape index (κ2) is 6.58. The fraction of sp³-hybridized carbons (Fsp3) is 0.118. The summed E-state index contributed by atoms with van der Waals surface area (Å²) in [6.45, 7) is 0. The highest BCUT2D eigenvalue weighted by atomic mass is 32.1. The van der Waals surface area contributed by atoms with E-state index in [-0.39, 0.29) is 0 Å². The molecule has 1 aromatic heterocycles. The van der Waals surface area contributed by atoms with E-state index in [1.165, 1.54) is 18.4 Å². The number of methoxy groups -OCH3 is 1. The number of nitrogens with zero attached hydrogens (tertiary/aromatic N) is 1. The second-order valence-corrected chi connectivity index (χ2v) is 5.64. The van der Waals surface area contributed by atoms with Gasteiger partial charge in [-0.15, -0.1) is 11.3 Å². The number of carbonyl (C=O) groups excluding carboxylic acids is 2. The molecule has 1 atom stereocenters. The minimum Gasteiger partial charge on any atom is -0.466 e. The maximum atomic E-state index is 12.4. The minimum absolute atomic E-state index is 0.367. The van der Waals surface area contributed by atoms with Gasteiger partial charge in [0.15, 0.2) is 0 Å². The van der Waals surface area contributed by atoms with Crippen molar-refractivity contribution >= 4 is 33.5 Å². The highest BCUT2D eigenvalue weighted by Gasteiger charge is 2.26. The Morgan fingerprint density at radius 1 is 1.13 bits per heavy atom. The Labute approximate surface area is 136 Å². The Kier molecular flexibility index (Phi) is 4.34. The molecule has 0 aliphatic carbocycles. The second-order valence-electron chi connectivity index (χ2n) is 4.75. The predicted octanol–water partition coefficient (Wildman–Crippen LogP) is 3.37. The summed E-state index contributed by atoms with van der Waals surface area (Å²) in [5, 5.41) is 0. The monoisotopic (exact) mass is 327 g/mol. The molecule has 0 saturated heterocycles. The van der Waals surface area contributed by atoms with Crippen LogP contribution in [0, 0.1) is 0 Å². The lowest BCUT2D eigenvalue weighted by Crippen LogP contribution is -2.21. The number of hydrogen-bond acceptors (Lipinski definition) is 6. The summed E-state index contributed by atoms with van der Waals surface area (Å²) in [4.78, 5) is 28.5. The van der Waals surface area contributed by atoms with Crippen LogP contribution in [0.2, 0.25) is 0 Å². The first-order valence-electron chi connectivity index (χ1n) is 6.86. The summed E-state index contributed by atoms with van der Waals surface area (Å²) < 4.78 is 11.0. The molecule has 6 heteroatoms. The van der Waals surface area contributed by atoms with Crippen molar-refractivity contribution in [1.82, 2.24) is 4.98 Å². The number of ether oxygens (including phenoxy) is 2. The molecule has 23 heavy (non-hydrogen) atoms. The minimum atomic E-state index is -1.09. The van der Waals surface area contributed by atoms with Crippen molar-refractivity contribution in [2.75, 3.05) is 7.11 Å². The Balaban J connectivity index is 1.87. The van der Waals surface area contributed by atoms with Gasteiger partial charge >= 0.3 is 11.9 Å². The number of fused-ring (bicyclic) bond motifs is 1. The van der Waals surface area contributed by atoms with Crippen LogP contribution in [0.1, 0.15) is 22.0 Å². The molecule has 1 heterocycles. The number of esters is 2. The van der Waals surface area contributed by atoms with Gasteiger partial charge in [0.1, 0.15) is 0 Å². The summed E-state index contributed by atoms with van der Waals surface area (Å²) in [6.07, 6.45) is -1.09. The van der Waals surface area contributed by atoms with Crippen LogP contribution in [0.25, 0.3) is 10.2 Å². The molecule has 5 nitrogen and oxygen atoms in total. The van der Waals surface area contributed by atoms with Gasteiger partial charge in [-0.25, -0.2) is 14.6 Å². The molecule has 0 spiro atoms. The van der Waals surface area contributed by atoms with Gasteiger partial charge < -0.3 is 9.47 Å².